The Morgan fingerprint density at radius 2 is 2.16 bits per heavy atom. The highest BCUT2D eigenvalue weighted by Gasteiger charge is 2.09. The maximum absolute atomic E-state index is 11.9. The number of nitrogens with one attached hydrogen (secondary N) is 1. The largest absolute Gasteiger partial charge is 0.325 e. The molecule has 0 spiro atoms. The summed E-state index contributed by atoms with van der Waals surface area (Å²) in [7, 11) is 0. The van der Waals surface area contributed by atoms with Gasteiger partial charge < -0.3 is 5.32 Å². The number of hydrogen-bond acceptors (Lipinski definition) is 2. The third-order valence-corrected chi connectivity index (χ3v) is 3.19. The van der Waals surface area contributed by atoms with Crippen LogP contribution in [0.15, 0.2) is 36.5 Å². The number of benzene rings is 1. The highest BCUT2D eigenvalue weighted by atomic mass is 16.1. The lowest BCUT2D eigenvalue weighted by atomic mass is 10.0. The van der Waals surface area contributed by atoms with E-state index >= 15 is 0 Å². The van der Waals surface area contributed by atoms with Crippen LogP contribution in [0.2, 0.25) is 0 Å². The highest BCUT2D eigenvalue weighted by Crippen LogP contribution is 2.17. The number of rotatable bonds is 5. The quantitative estimate of drug-likeness (QED) is 0.878. The van der Waals surface area contributed by atoms with Gasteiger partial charge in [-0.05, 0) is 18.1 Å². The number of aromatic nitrogens is 1. The van der Waals surface area contributed by atoms with Crippen LogP contribution in [0.3, 0.4) is 0 Å². The van der Waals surface area contributed by atoms with Crippen molar-refractivity contribution in [2.24, 2.45) is 5.92 Å². The van der Waals surface area contributed by atoms with Crippen LogP contribution in [0.4, 0.5) is 5.69 Å². The predicted octanol–water partition coefficient (Wildman–Crippen LogP) is 4.00. The average molecular weight is 256 g/mol. The zero-order valence-corrected chi connectivity index (χ0v) is 11.5. The number of carbonyl (C=O) groups is 1. The molecule has 1 aromatic carbocycles. The number of hydrogen-bond donors (Lipinski definition) is 1. The Balaban J connectivity index is 2.02. The summed E-state index contributed by atoms with van der Waals surface area (Å²) in [4.78, 5) is 16.2. The first-order valence-electron chi connectivity index (χ1n) is 6.83. The SMILES string of the molecule is CCCC(C)CC(=O)Nc1cnc2ccccc2c1. The fraction of sp³-hybridized carbons (Fsp3) is 0.375. The Morgan fingerprint density at radius 1 is 1.37 bits per heavy atom. The summed E-state index contributed by atoms with van der Waals surface area (Å²) in [6.07, 6.45) is 4.49. The molecule has 100 valence electrons. The van der Waals surface area contributed by atoms with E-state index in [9.17, 15) is 4.79 Å². The van der Waals surface area contributed by atoms with Gasteiger partial charge >= 0.3 is 0 Å². The van der Waals surface area contributed by atoms with Gasteiger partial charge in [-0.25, -0.2) is 0 Å². The Bertz CT molecular complexity index is 565. The Labute approximate surface area is 114 Å². The fourth-order valence-electron chi connectivity index (χ4n) is 2.26. The van der Waals surface area contributed by atoms with Crippen LogP contribution in [-0.4, -0.2) is 10.9 Å². The zero-order valence-electron chi connectivity index (χ0n) is 11.5. The van der Waals surface area contributed by atoms with Crippen LogP contribution in [0.25, 0.3) is 10.9 Å². The lowest BCUT2D eigenvalue weighted by Crippen LogP contribution is -2.15. The van der Waals surface area contributed by atoms with E-state index in [-0.39, 0.29) is 5.91 Å². The van der Waals surface area contributed by atoms with Crippen molar-refractivity contribution in [2.75, 3.05) is 5.32 Å². The molecule has 0 fully saturated rings. The normalized spacial score (nSPS) is 12.3. The van der Waals surface area contributed by atoms with Gasteiger partial charge in [-0.15, -0.1) is 0 Å². The minimum absolute atomic E-state index is 0.0676. The van der Waals surface area contributed by atoms with E-state index in [4.69, 9.17) is 0 Å². The van der Waals surface area contributed by atoms with E-state index in [1.165, 1.54) is 0 Å². The molecular formula is C16H20N2O. The number of pyridine rings is 1. The van der Waals surface area contributed by atoms with Gasteiger partial charge in [0.25, 0.3) is 0 Å². The van der Waals surface area contributed by atoms with Gasteiger partial charge in [0.05, 0.1) is 17.4 Å². The minimum Gasteiger partial charge on any atom is -0.325 e. The Morgan fingerprint density at radius 3 is 2.95 bits per heavy atom. The van der Waals surface area contributed by atoms with Crippen molar-refractivity contribution in [1.29, 1.82) is 0 Å². The average Bonchev–Trinajstić information content (AvgIpc) is 2.38. The molecule has 0 aliphatic carbocycles. The number of fused-ring (bicyclic) bond motifs is 1. The zero-order chi connectivity index (χ0) is 13.7. The molecule has 0 radical (unpaired) electrons. The van der Waals surface area contributed by atoms with Gasteiger partial charge in [-0.2, -0.15) is 0 Å². The summed E-state index contributed by atoms with van der Waals surface area (Å²) in [6.45, 7) is 4.25. The van der Waals surface area contributed by atoms with Gasteiger partial charge in [0.1, 0.15) is 0 Å². The summed E-state index contributed by atoms with van der Waals surface area (Å²) in [6, 6.07) is 9.85. The molecule has 3 heteroatoms. The number of nitrogens with zero attached hydrogens (tertiary/aromatic N) is 1. The molecular weight excluding hydrogens is 236 g/mol. The molecule has 1 N–H and O–H groups in total. The summed E-state index contributed by atoms with van der Waals surface area (Å²) < 4.78 is 0. The third kappa shape index (κ3) is 3.78. The van der Waals surface area contributed by atoms with Crippen molar-refractivity contribution in [3.63, 3.8) is 0 Å². The van der Waals surface area contributed by atoms with Crippen LogP contribution in [0.5, 0.6) is 0 Å². The van der Waals surface area contributed by atoms with Crippen LogP contribution in [-0.2, 0) is 4.79 Å². The van der Waals surface area contributed by atoms with Gasteiger partial charge in [0.15, 0.2) is 0 Å². The van der Waals surface area contributed by atoms with Gasteiger partial charge in [0.2, 0.25) is 5.91 Å². The van der Waals surface area contributed by atoms with E-state index in [1.807, 2.05) is 30.3 Å². The number of carbonyl (C=O) groups excluding carboxylic acids is 1. The molecule has 2 aromatic rings. The monoisotopic (exact) mass is 256 g/mol. The Kier molecular flexibility index (Phi) is 4.50. The number of amides is 1. The van der Waals surface area contributed by atoms with Gasteiger partial charge in [-0.3, -0.25) is 9.78 Å². The minimum atomic E-state index is 0.0676. The number of para-hydroxylation sites is 1. The molecule has 19 heavy (non-hydrogen) atoms. The van der Waals surface area contributed by atoms with Crippen molar-refractivity contribution in [1.82, 2.24) is 4.98 Å². The van der Waals surface area contributed by atoms with Crippen LogP contribution < -0.4 is 5.32 Å². The topological polar surface area (TPSA) is 42.0 Å². The van der Waals surface area contributed by atoms with Gasteiger partial charge in [0, 0.05) is 11.8 Å². The molecule has 1 aromatic heterocycles. The van der Waals surface area contributed by atoms with Crippen LogP contribution in [0.1, 0.15) is 33.1 Å². The predicted molar refractivity (Wildman–Crippen MR) is 79.1 cm³/mol. The van der Waals surface area contributed by atoms with E-state index in [0.717, 1.165) is 29.4 Å². The first kappa shape index (κ1) is 13.5. The summed E-state index contributed by atoms with van der Waals surface area (Å²) in [5, 5.41) is 3.97. The molecule has 0 saturated heterocycles. The summed E-state index contributed by atoms with van der Waals surface area (Å²) in [5.74, 6) is 0.497. The second kappa shape index (κ2) is 6.32. The summed E-state index contributed by atoms with van der Waals surface area (Å²) in [5.41, 5.74) is 1.72. The van der Waals surface area contributed by atoms with E-state index in [0.29, 0.717) is 12.3 Å². The van der Waals surface area contributed by atoms with Crippen molar-refractivity contribution in [2.45, 2.75) is 33.1 Å². The molecule has 3 nitrogen and oxygen atoms in total. The number of anilines is 1. The molecule has 2 rings (SSSR count). The molecule has 0 aliphatic heterocycles. The maximum Gasteiger partial charge on any atom is 0.224 e. The van der Waals surface area contributed by atoms with Crippen molar-refractivity contribution in [3.8, 4) is 0 Å². The second-order valence-corrected chi connectivity index (χ2v) is 5.06. The standard InChI is InChI=1S/C16H20N2O/c1-3-6-12(2)9-16(19)18-14-10-13-7-4-5-8-15(13)17-11-14/h4-5,7-8,10-12H,3,6,9H2,1-2H3,(H,18,19). The summed E-state index contributed by atoms with van der Waals surface area (Å²) >= 11 is 0. The molecule has 1 atom stereocenters. The maximum atomic E-state index is 11.9. The molecule has 0 saturated carbocycles. The van der Waals surface area contributed by atoms with Crippen molar-refractivity contribution >= 4 is 22.5 Å². The molecule has 1 unspecified atom stereocenters. The first-order valence-corrected chi connectivity index (χ1v) is 6.83. The smallest absolute Gasteiger partial charge is 0.224 e. The van der Waals surface area contributed by atoms with Crippen molar-refractivity contribution < 1.29 is 4.79 Å². The second-order valence-electron chi connectivity index (χ2n) is 5.06. The van der Waals surface area contributed by atoms with Crippen molar-refractivity contribution in [3.05, 3.63) is 36.5 Å². The molecule has 0 bridgehead atoms. The molecule has 1 amide bonds. The van der Waals surface area contributed by atoms with Crippen LogP contribution in [0, 0.1) is 5.92 Å². The van der Waals surface area contributed by atoms with E-state index in [2.05, 4.69) is 24.1 Å². The van der Waals surface area contributed by atoms with E-state index in [1.54, 1.807) is 6.20 Å². The van der Waals surface area contributed by atoms with Crippen LogP contribution >= 0.6 is 0 Å². The lowest BCUT2D eigenvalue weighted by Gasteiger charge is -2.10. The molecule has 1 heterocycles. The molecule has 0 aliphatic rings. The Hall–Kier alpha value is -1.90. The third-order valence-electron chi connectivity index (χ3n) is 3.19. The fourth-order valence-corrected chi connectivity index (χ4v) is 2.26. The van der Waals surface area contributed by atoms with E-state index < -0.39 is 0 Å². The first-order chi connectivity index (χ1) is 9.19. The van der Waals surface area contributed by atoms with Gasteiger partial charge in [-0.1, -0.05) is 44.9 Å². The highest BCUT2D eigenvalue weighted by molar-refractivity contribution is 5.93. The lowest BCUT2D eigenvalue weighted by molar-refractivity contribution is -0.117.